The summed E-state index contributed by atoms with van der Waals surface area (Å²) < 4.78 is 99.6. The van der Waals surface area contributed by atoms with Gasteiger partial charge in [0.1, 0.15) is 17.3 Å². The Morgan fingerprint density at radius 1 is 0.635 bits per heavy atom. The second-order valence-electron chi connectivity index (χ2n) is 17.4. The Hall–Kier alpha value is -7.24. The van der Waals surface area contributed by atoms with Crippen LogP contribution in [0.4, 0.5) is 0 Å². The lowest BCUT2D eigenvalue weighted by Crippen LogP contribution is -2.42. The van der Waals surface area contributed by atoms with Gasteiger partial charge in [-0.3, -0.25) is 13.7 Å². The minimum absolute atomic E-state index is 0.0308. The number of rotatable bonds is 8. The van der Waals surface area contributed by atoms with E-state index in [1.54, 1.807) is 22.8 Å². The van der Waals surface area contributed by atoms with Gasteiger partial charge in [-0.1, -0.05) is 167 Å². The largest absolute Gasteiger partial charge is 0.458 e. The van der Waals surface area contributed by atoms with Crippen molar-refractivity contribution in [1.29, 1.82) is 0 Å². The monoisotopic (exact) mass is 828 g/mol. The van der Waals surface area contributed by atoms with E-state index in [0.29, 0.717) is 28.2 Å². The van der Waals surface area contributed by atoms with Gasteiger partial charge < -0.3 is 4.74 Å². The smallest absolute Gasteiger partial charge is 0.269 e. The van der Waals surface area contributed by atoms with Gasteiger partial charge in [-0.15, -0.1) is 0 Å². The summed E-state index contributed by atoms with van der Waals surface area (Å²) in [6.07, 6.45) is 11.4. The Kier molecular flexibility index (Phi) is 7.21. The fourth-order valence-corrected chi connectivity index (χ4v) is 9.92. The summed E-state index contributed by atoms with van der Waals surface area (Å²) >= 11 is 0. The van der Waals surface area contributed by atoms with Crippen molar-refractivity contribution < 1.29 is 23.0 Å². The first-order valence-corrected chi connectivity index (χ1v) is 21.5. The van der Waals surface area contributed by atoms with Crippen LogP contribution in [0.25, 0.3) is 72.3 Å². The zero-order chi connectivity index (χ0) is 51.2. The number of fused-ring (bicyclic) bond motifs is 4. The van der Waals surface area contributed by atoms with Gasteiger partial charge in [0.25, 0.3) is 6.33 Å². The van der Waals surface area contributed by atoms with Gasteiger partial charge in [0, 0.05) is 28.5 Å². The fraction of sp³-hybridized carbons (Fsp3) is 0.172. The summed E-state index contributed by atoms with van der Waals surface area (Å²) in [6.45, 7) is 7.09. The molecule has 0 N–H and O–H groups in total. The van der Waals surface area contributed by atoms with Crippen molar-refractivity contribution >= 4 is 32.8 Å². The molecule has 5 nitrogen and oxygen atoms in total. The van der Waals surface area contributed by atoms with Crippen LogP contribution >= 0.6 is 0 Å². The molecule has 308 valence electrons. The maximum Gasteiger partial charge on any atom is 0.269 e. The van der Waals surface area contributed by atoms with Crippen molar-refractivity contribution in [1.82, 2.24) is 14.1 Å². The van der Waals surface area contributed by atoms with E-state index < -0.39 is 60.4 Å². The van der Waals surface area contributed by atoms with Crippen LogP contribution in [0.3, 0.4) is 0 Å². The number of para-hydroxylation sites is 4. The number of benzene rings is 7. The third kappa shape index (κ3) is 6.71. The average molecular weight is 829 g/mol. The highest BCUT2D eigenvalue weighted by atomic mass is 16.5. The lowest BCUT2D eigenvalue weighted by molar-refractivity contribution is -0.571. The lowest BCUT2D eigenvalue weighted by atomic mass is 9.56. The summed E-state index contributed by atoms with van der Waals surface area (Å²) in [5.74, 6) is 1.99. The normalized spacial score (nSPS) is 16.3. The molecule has 63 heavy (non-hydrogen) atoms. The van der Waals surface area contributed by atoms with Crippen molar-refractivity contribution in [2.24, 2.45) is 5.41 Å². The summed E-state index contributed by atoms with van der Waals surface area (Å²) in [7, 11) is 0. The second kappa shape index (κ2) is 15.6. The Morgan fingerprint density at radius 2 is 1.29 bits per heavy atom. The van der Waals surface area contributed by atoms with Crippen molar-refractivity contribution in [3.05, 3.63) is 200 Å². The highest BCUT2D eigenvalue weighted by molar-refractivity contribution is 6.09. The van der Waals surface area contributed by atoms with Crippen molar-refractivity contribution in [3.8, 4) is 50.9 Å². The molecule has 1 aliphatic carbocycles. The first kappa shape index (κ1) is 29.1. The number of imidazole rings is 1. The van der Waals surface area contributed by atoms with Gasteiger partial charge >= 0.3 is 0 Å². The van der Waals surface area contributed by atoms with E-state index in [4.69, 9.17) is 23.4 Å². The number of pyridine rings is 1. The molecule has 1 fully saturated rings. The predicted octanol–water partition coefficient (Wildman–Crippen LogP) is 14.6. The first-order valence-electron chi connectivity index (χ1n) is 26.5. The van der Waals surface area contributed by atoms with E-state index >= 15 is 0 Å². The molecule has 0 radical (unpaired) electrons. The van der Waals surface area contributed by atoms with Gasteiger partial charge in [0.15, 0.2) is 0 Å². The molecular weight excluding hydrogens is 769 g/mol. The molecule has 3 heterocycles. The second-order valence-corrected chi connectivity index (χ2v) is 17.4. The number of hydrogen-bond acceptors (Lipinski definition) is 2. The molecule has 3 aromatic heterocycles. The predicted molar refractivity (Wildman–Crippen MR) is 257 cm³/mol. The maximum atomic E-state index is 9.03. The summed E-state index contributed by atoms with van der Waals surface area (Å²) in [5.41, 5.74) is 5.54. The number of hydrogen-bond donors (Lipinski definition) is 0. The molecule has 0 unspecified atom stereocenters. The standard InChI is InChI=1S/C58H50N4O/c1-57(2,3)58(34-15-6-16-35-58)43-33-36-59-55(37-43)62-51-28-12-11-25-49(51)50-32-31-46(39-54(50)62)63-45-24-17-23-44(38-45)60-40-61(53-30-14-13-29-52(53)60)56-47(41-19-7-4-8-20-41)26-18-27-48(56)42-21-9-5-10-22-42/h4-5,7-14,17-33,36-39H,6,15-16,34-35H2,1-3H3/i4D,5D,7D,8D,9D,10D,19D,20D,21D,22D. The van der Waals surface area contributed by atoms with Gasteiger partial charge in [-0.25, -0.2) is 4.98 Å². The molecule has 0 saturated heterocycles. The number of nitrogens with zero attached hydrogens (tertiary/aromatic N) is 4. The summed E-state index contributed by atoms with van der Waals surface area (Å²) in [5, 5.41) is 2.17. The average Bonchev–Trinajstić information content (AvgIpc) is 3.95. The zero-order valence-electron chi connectivity index (χ0n) is 45.4. The van der Waals surface area contributed by atoms with Gasteiger partial charge in [-0.05, 0) is 94.6 Å². The third-order valence-corrected chi connectivity index (χ3v) is 13.0. The Labute approximate surface area is 383 Å². The van der Waals surface area contributed by atoms with Crippen LogP contribution in [0.1, 0.15) is 72.1 Å². The molecule has 0 bridgehead atoms. The van der Waals surface area contributed by atoms with E-state index in [1.165, 1.54) is 24.8 Å². The molecule has 11 rings (SSSR count). The van der Waals surface area contributed by atoms with Crippen LogP contribution in [-0.4, -0.2) is 14.1 Å². The van der Waals surface area contributed by atoms with Crippen LogP contribution in [0.5, 0.6) is 11.5 Å². The Balaban J connectivity index is 1.05. The molecule has 7 aromatic carbocycles. The number of aromatic nitrogens is 4. The molecule has 0 spiro atoms. The van der Waals surface area contributed by atoms with Crippen LogP contribution in [0.2, 0.25) is 0 Å². The molecule has 0 aliphatic heterocycles. The van der Waals surface area contributed by atoms with Gasteiger partial charge in [0.05, 0.1) is 47.1 Å². The van der Waals surface area contributed by atoms with E-state index in [9.17, 15) is 0 Å². The summed E-state index contributed by atoms with van der Waals surface area (Å²) in [4.78, 5) is 5.01. The fourth-order valence-electron chi connectivity index (χ4n) is 9.92. The van der Waals surface area contributed by atoms with Crippen LogP contribution in [0.15, 0.2) is 188 Å². The number of ether oxygens (including phenoxy) is 1. The minimum atomic E-state index is -0.562. The van der Waals surface area contributed by atoms with E-state index in [2.05, 4.69) is 80.2 Å². The maximum absolute atomic E-state index is 9.03. The molecule has 0 atom stereocenters. The SMILES string of the molecule is [2H]c1c([2H])c([2H])c(-c2cccc(-c3c([2H])c([2H])c([2H])c([2H])c3[2H])c2-[n+]2[c-]n(-c3cccc(Oc4ccc5c6ccccc6n(-c6cc(C7(C(C)(C)C)CCCCC7)ccn6)c5c4)c3)c3ccccc32)c([2H])c1[2H]. The molecule has 0 amide bonds. The van der Waals surface area contributed by atoms with Gasteiger partial charge in [-0.2, -0.15) is 0 Å². The molecule has 1 saturated carbocycles. The van der Waals surface area contributed by atoms with Crippen molar-refractivity contribution in [3.63, 3.8) is 0 Å². The first-order chi connectivity index (χ1) is 35.0. The van der Waals surface area contributed by atoms with Crippen molar-refractivity contribution in [2.45, 2.75) is 58.3 Å². The van der Waals surface area contributed by atoms with Crippen LogP contribution in [-0.2, 0) is 5.41 Å². The van der Waals surface area contributed by atoms with Crippen LogP contribution in [0, 0.1) is 11.7 Å². The molecule has 5 heteroatoms. The zero-order valence-corrected chi connectivity index (χ0v) is 35.4. The topological polar surface area (TPSA) is 35.9 Å². The van der Waals surface area contributed by atoms with E-state index in [0.717, 1.165) is 40.5 Å². The van der Waals surface area contributed by atoms with E-state index in [-0.39, 0.29) is 38.8 Å². The minimum Gasteiger partial charge on any atom is -0.458 e. The molecular formula is C58H50N4O. The Morgan fingerprint density at radius 3 is 2.02 bits per heavy atom. The van der Waals surface area contributed by atoms with Crippen molar-refractivity contribution in [2.75, 3.05) is 0 Å². The highest BCUT2D eigenvalue weighted by Crippen LogP contribution is 2.52. The Bertz CT molecular complexity index is 3740. The third-order valence-electron chi connectivity index (χ3n) is 13.0. The quantitative estimate of drug-likeness (QED) is 0.113. The molecule has 10 aromatic rings. The highest BCUT2D eigenvalue weighted by Gasteiger charge is 2.44. The van der Waals surface area contributed by atoms with E-state index in [1.807, 2.05) is 65.4 Å². The summed E-state index contributed by atoms with van der Waals surface area (Å²) in [6, 6.07) is 33.6. The lowest BCUT2D eigenvalue weighted by Gasteiger charge is -2.48. The molecule has 1 aliphatic rings. The van der Waals surface area contributed by atoms with Gasteiger partial charge in [0.2, 0.25) is 0 Å². The van der Waals surface area contributed by atoms with Crippen LogP contribution < -0.4 is 9.30 Å².